The summed E-state index contributed by atoms with van der Waals surface area (Å²) in [7, 11) is 2.10. The molecule has 0 bridgehead atoms. The third-order valence-corrected chi connectivity index (χ3v) is 2.89. The van der Waals surface area contributed by atoms with E-state index >= 15 is 0 Å². The molecule has 1 fully saturated rings. The Morgan fingerprint density at radius 1 is 1.53 bits per heavy atom. The Morgan fingerprint density at radius 2 is 2.33 bits per heavy atom. The fourth-order valence-electron chi connectivity index (χ4n) is 1.93. The molecule has 2 unspecified atom stereocenters. The molecule has 1 heterocycles. The minimum atomic E-state index is -0.637. The van der Waals surface area contributed by atoms with Gasteiger partial charge in [0, 0.05) is 19.0 Å². The van der Waals surface area contributed by atoms with Crippen molar-refractivity contribution < 1.29 is 4.39 Å². The minimum absolute atomic E-state index is 0.370. The van der Waals surface area contributed by atoms with Gasteiger partial charge in [-0.15, -0.1) is 12.3 Å². The van der Waals surface area contributed by atoms with Crippen molar-refractivity contribution in [3.05, 3.63) is 0 Å². The lowest BCUT2D eigenvalue weighted by atomic mass is 10.1. The normalized spacial score (nSPS) is 25.7. The zero-order valence-corrected chi connectivity index (χ0v) is 9.51. The van der Waals surface area contributed by atoms with Gasteiger partial charge in [0.15, 0.2) is 0 Å². The SMILES string of the molecule is C#CCCCN(C)CCC1CC(F)CN1. The molecule has 0 aromatic heterocycles. The Kier molecular flexibility index (Phi) is 5.67. The molecule has 0 aromatic rings. The first-order valence-corrected chi connectivity index (χ1v) is 5.72. The van der Waals surface area contributed by atoms with Crippen molar-refractivity contribution >= 4 is 0 Å². The van der Waals surface area contributed by atoms with Crippen LogP contribution >= 0.6 is 0 Å². The molecular formula is C12H21FN2. The van der Waals surface area contributed by atoms with Crippen LogP contribution < -0.4 is 5.32 Å². The number of unbranched alkanes of at least 4 members (excludes halogenated alkanes) is 1. The predicted molar refractivity (Wildman–Crippen MR) is 61.5 cm³/mol. The summed E-state index contributed by atoms with van der Waals surface area (Å²) in [6.45, 7) is 2.59. The third-order valence-electron chi connectivity index (χ3n) is 2.89. The summed E-state index contributed by atoms with van der Waals surface area (Å²) in [5.41, 5.74) is 0. The van der Waals surface area contributed by atoms with Crippen molar-refractivity contribution in [3.63, 3.8) is 0 Å². The molecule has 86 valence electrons. The van der Waals surface area contributed by atoms with Gasteiger partial charge in [0.1, 0.15) is 6.17 Å². The van der Waals surface area contributed by atoms with Gasteiger partial charge in [-0.2, -0.15) is 0 Å². The van der Waals surface area contributed by atoms with Gasteiger partial charge in [-0.05, 0) is 39.4 Å². The zero-order valence-electron chi connectivity index (χ0n) is 9.51. The van der Waals surface area contributed by atoms with Crippen LogP contribution in [0.15, 0.2) is 0 Å². The molecule has 2 nitrogen and oxygen atoms in total. The van der Waals surface area contributed by atoms with Crippen LogP contribution in [0, 0.1) is 12.3 Å². The molecule has 0 aromatic carbocycles. The Bertz CT molecular complexity index is 212. The molecule has 0 radical (unpaired) electrons. The summed E-state index contributed by atoms with van der Waals surface area (Å²) in [6, 6.07) is 0.370. The van der Waals surface area contributed by atoms with E-state index in [1.54, 1.807) is 0 Å². The second-order valence-electron chi connectivity index (χ2n) is 4.34. The lowest BCUT2D eigenvalue weighted by molar-refractivity contribution is 0.303. The monoisotopic (exact) mass is 212 g/mol. The molecule has 0 saturated carbocycles. The van der Waals surface area contributed by atoms with Crippen molar-refractivity contribution in [1.82, 2.24) is 10.2 Å². The van der Waals surface area contributed by atoms with E-state index in [-0.39, 0.29) is 0 Å². The highest BCUT2D eigenvalue weighted by Crippen LogP contribution is 2.12. The standard InChI is InChI=1S/C12H21FN2/c1-3-4-5-7-15(2)8-6-12-9-11(13)10-14-12/h1,11-12,14H,4-10H2,2H3. The number of alkyl halides is 1. The van der Waals surface area contributed by atoms with Gasteiger partial charge in [0.2, 0.25) is 0 Å². The van der Waals surface area contributed by atoms with Gasteiger partial charge < -0.3 is 10.2 Å². The maximum absolute atomic E-state index is 12.8. The Hall–Kier alpha value is -0.590. The molecule has 1 aliphatic rings. The van der Waals surface area contributed by atoms with Crippen LogP contribution in [0.5, 0.6) is 0 Å². The number of hydrogen-bond donors (Lipinski definition) is 1. The van der Waals surface area contributed by atoms with E-state index in [1.807, 2.05) is 0 Å². The molecule has 2 atom stereocenters. The van der Waals surface area contributed by atoms with Crippen LogP contribution in [0.2, 0.25) is 0 Å². The van der Waals surface area contributed by atoms with Gasteiger partial charge in [-0.25, -0.2) is 4.39 Å². The molecule has 15 heavy (non-hydrogen) atoms. The lowest BCUT2D eigenvalue weighted by Gasteiger charge is -2.18. The van der Waals surface area contributed by atoms with Gasteiger partial charge in [0.25, 0.3) is 0 Å². The van der Waals surface area contributed by atoms with E-state index in [0.717, 1.165) is 32.4 Å². The van der Waals surface area contributed by atoms with Gasteiger partial charge in [-0.1, -0.05) is 0 Å². The lowest BCUT2D eigenvalue weighted by Crippen LogP contribution is -2.29. The molecule has 1 rings (SSSR count). The Balaban J connectivity index is 2.01. The molecule has 0 spiro atoms. The topological polar surface area (TPSA) is 15.3 Å². The Labute approximate surface area is 92.2 Å². The summed E-state index contributed by atoms with van der Waals surface area (Å²) in [5, 5.41) is 3.19. The molecule has 1 aliphatic heterocycles. The summed E-state index contributed by atoms with van der Waals surface area (Å²) in [4.78, 5) is 2.27. The average Bonchev–Trinajstić information content (AvgIpc) is 2.62. The maximum Gasteiger partial charge on any atom is 0.114 e. The van der Waals surface area contributed by atoms with E-state index in [1.165, 1.54) is 0 Å². The maximum atomic E-state index is 12.8. The summed E-state index contributed by atoms with van der Waals surface area (Å²) >= 11 is 0. The van der Waals surface area contributed by atoms with Crippen LogP contribution in [0.4, 0.5) is 4.39 Å². The van der Waals surface area contributed by atoms with Crippen molar-refractivity contribution in [2.45, 2.75) is 37.9 Å². The van der Waals surface area contributed by atoms with Crippen LogP contribution in [0.3, 0.4) is 0 Å². The van der Waals surface area contributed by atoms with E-state index in [2.05, 4.69) is 23.2 Å². The number of halogens is 1. The van der Waals surface area contributed by atoms with Crippen LogP contribution in [-0.4, -0.2) is 43.8 Å². The predicted octanol–water partition coefficient (Wildman–Crippen LogP) is 1.42. The van der Waals surface area contributed by atoms with Crippen molar-refractivity contribution in [3.8, 4) is 12.3 Å². The smallest absolute Gasteiger partial charge is 0.114 e. The molecule has 1 N–H and O–H groups in total. The first-order chi connectivity index (χ1) is 7.22. The number of hydrogen-bond acceptors (Lipinski definition) is 2. The highest BCUT2D eigenvalue weighted by Gasteiger charge is 2.22. The van der Waals surface area contributed by atoms with Crippen molar-refractivity contribution in [1.29, 1.82) is 0 Å². The van der Waals surface area contributed by atoms with Crippen molar-refractivity contribution in [2.24, 2.45) is 0 Å². The van der Waals surface area contributed by atoms with E-state index in [9.17, 15) is 4.39 Å². The number of nitrogens with one attached hydrogen (secondary N) is 1. The highest BCUT2D eigenvalue weighted by atomic mass is 19.1. The largest absolute Gasteiger partial charge is 0.311 e. The summed E-state index contributed by atoms with van der Waals surface area (Å²) in [6.07, 6.45) is 8.16. The van der Waals surface area contributed by atoms with Crippen LogP contribution in [0.1, 0.15) is 25.7 Å². The highest BCUT2D eigenvalue weighted by molar-refractivity contribution is 4.84. The quantitative estimate of drug-likeness (QED) is 0.529. The molecule has 3 heteroatoms. The van der Waals surface area contributed by atoms with Crippen molar-refractivity contribution in [2.75, 3.05) is 26.7 Å². The molecule has 0 amide bonds. The van der Waals surface area contributed by atoms with E-state index in [0.29, 0.717) is 19.0 Å². The Morgan fingerprint density at radius 3 is 2.93 bits per heavy atom. The van der Waals surface area contributed by atoms with E-state index < -0.39 is 6.17 Å². The second kappa shape index (κ2) is 6.81. The third kappa shape index (κ3) is 5.15. The zero-order chi connectivity index (χ0) is 11.1. The molecular weight excluding hydrogens is 191 g/mol. The number of terminal acetylenes is 1. The first kappa shape index (κ1) is 12.5. The minimum Gasteiger partial charge on any atom is -0.311 e. The van der Waals surface area contributed by atoms with Gasteiger partial charge in [-0.3, -0.25) is 0 Å². The summed E-state index contributed by atoms with van der Waals surface area (Å²) < 4.78 is 12.8. The number of rotatable bonds is 6. The average molecular weight is 212 g/mol. The van der Waals surface area contributed by atoms with Crippen LogP contribution in [0.25, 0.3) is 0 Å². The first-order valence-electron chi connectivity index (χ1n) is 5.72. The fourth-order valence-corrected chi connectivity index (χ4v) is 1.93. The fraction of sp³-hybridized carbons (Fsp3) is 0.833. The van der Waals surface area contributed by atoms with Crippen LogP contribution in [-0.2, 0) is 0 Å². The van der Waals surface area contributed by atoms with Gasteiger partial charge in [0.05, 0.1) is 0 Å². The summed E-state index contributed by atoms with van der Waals surface area (Å²) in [5.74, 6) is 2.64. The van der Waals surface area contributed by atoms with Gasteiger partial charge >= 0.3 is 0 Å². The second-order valence-corrected chi connectivity index (χ2v) is 4.34. The van der Waals surface area contributed by atoms with E-state index in [4.69, 9.17) is 6.42 Å². The molecule has 0 aliphatic carbocycles. The number of nitrogens with zero attached hydrogens (tertiary/aromatic N) is 1. The molecule has 1 saturated heterocycles.